The number of benzene rings is 1. The average Bonchev–Trinajstić information content (AvgIpc) is 2.41. The van der Waals surface area contributed by atoms with Crippen LogP contribution in [0.25, 0.3) is 5.57 Å². The fourth-order valence-corrected chi connectivity index (χ4v) is 2.14. The van der Waals surface area contributed by atoms with E-state index in [4.69, 9.17) is 7.05 Å². The van der Waals surface area contributed by atoms with Gasteiger partial charge in [-0.15, -0.1) is 0 Å². The van der Waals surface area contributed by atoms with E-state index in [1.807, 2.05) is 38.5 Å². The highest BCUT2D eigenvalue weighted by molar-refractivity contribution is 9.10. The van der Waals surface area contributed by atoms with E-state index in [9.17, 15) is 0 Å². The summed E-state index contributed by atoms with van der Waals surface area (Å²) in [7, 11) is 9.98. The van der Waals surface area contributed by atoms with Crippen LogP contribution in [0.2, 0.25) is 0 Å². The van der Waals surface area contributed by atoms with Gasteiger partial charge in [-0.2, -0.15) is 0 Å². The maximum atomic E-state index is 6.03. The van der Waals surface area contributed by atoms with Gasteiger partial charge in [0.25, 0.3) is 0 Å². The number of quaternary nitrogens is 1. The molecule has 1 aromatic carbocycles. The molecule has 0 aliphatic heterocycles. The molecule has 2 rings (SSSR count). The Morgan fingerprint density at radius 1 is 1.20 bits per heavy atom. The maximum Gasteiger partial charge on any atom is 0.206 e. The first-order valence-corrected chi connectivity index (χ1v) is 7.23. The van der Waals surface area contributed by atoms with E-state index >= 15 is 0 Å². The Hall–Kier alpha value is -1.45. The second-order valence-corrected chi connectivity index (χ2v) is 6.24. The minimum Gasteiger partial charge on any atom is -0.312 e. The molecule has 2 nitrogen and oxygen atoms in total. The summed E-state index contributed by atoms with van der Waals surface area (Å²) in [4.78, 5) is 4.21. The first-order valence-electron chi connectivity index (χ1n) is 6.44. The number of hydrogen-bond acceptors (Lipinski definition) is 1. The van der Waals surface area contributed by atoms with Gasteiger partial charge in [-0.05, 0) is 35.4 Å². The van der Waals surface area contributed by atoms with E-state index in [1.54, 1.807) is 6.20 Å². The molecule has 2 aromatic rings. The van der Waals surface area contributed by atoms with Crippen molar-refractivity contribution >= 4 is 21.5 Å². The Balaban J connectivity index is 2.42. The summed E-state index contributed by atoms with van der Waals surface area (Å²) in [6.45, 7) is 0.750. The van der Waals surface area contributed by atoms with Crippen molar-refractivity contribution in [1.82, 2.24) is 4.98 Å². The Bertz CT molecular complexity index is 581. The van der Waals surface area contributed by atoms with E-state index in [0.717, 1.165) is 27.7 Å². The molecule has 1 aromatic heterocycles. The third-order valence-corrected chi connectivity index (χ3v) is 3.42. The van der Waals surface area contributed by atoms with Crippen LogP contribution >= 0.6 is 15.9 Å². The van der Waals surface area contributed by atoms with E-state index in [1.165, 1.54) is 0 Å². The van der Waals surface area contributed by atoms with Crippen LogP contribution in [0.4, 0.5) is 0 Å². The molecule has 0 amide bonds. The molecule has 0 saturated heterocycles. The summed E-state index contributed by atoms with van der Waals surface area (Å²) in [5.41, 5.74) is 3.42. The lowest BCUT2D eigenvalue weighted by Gasteiger charge is -2.21. The quantitative estimate of drug-likeness (QED) is 0.772. The van der Waals surface area contributed by atoms with E-state index in [0.29, 0.717) is 4.48 Å². The van der Waals surface area contributed by atoms with Crippen LogP contribution in [0.5, 0.6) is 0 Å². The van der Waals surface area contributed by atoms with Crippen molar-refractivity contribution in [3.05, 3.63) is 77.5 Å². The highest BCUT2D eigenvalue weighted by Gasteiger charge is 2.10. The molecule has 0 N–H and O–H groups in total. The first-order chi connectivity index (χ1) is 9.46. The normalized spacial score (nSPS) is 12.5. The van der Waals surface area contributed by atoms with Crippen LogP contribution < -0.4 is 0 Å². The zero-order chi connectivity index (χ0) is 14.6. The molecular formula is C17H18BrN2+. The molecule has 0 spiro atoms. The van der Waals surface area contributed by atoms with Gasteiger partial charge in [-0.1, -0.05) is 34.1 Å². The molecular weight excluding hydrogens is 312 g/mol. The SMILES string of the molecule is [CH][N+](C)(C)C/C=C(/c1ccc(Br)cc1)c1cccnc1. The summed E-state index contributed by atoms with van der Waals surface area (Å²) in [6, 6.07) is 12.3. The van der Waals surface area contributed by atoms with Gasteiger partial charge >= 0.3 is 0 Å². The van der Waals surface area contributed by atoms with Crippen LogP contribution in [0.15, 0.2) is 59.3 Å². The van der Waals surface area contributed by atoms with Gasteiger partial charge in [-0.25, -0.2) is 0 Å². The van der Waals surface area contributed by atoms with Crippen LogP contribution in [0.1, 0.15) is 11.1 Å². The van der Waals surface area contributed by atoms with Gasteiger partial charge in [0.2, 0.25) is 7.05 Å². The second kappa shape index (κ2) is 6.33. The zero-order valence-electron chi connectivity index (χ0n) is 11.8. The molecule has 0 saturated carbocycles. The summed E-state index contributed by atoms with van der Waals surface area (Å²) in [6.07, 6.45) is 5.83. The number of pyridine rings is 1. The predicted molar refractivity (Wildman–Crippen MR) is 86.7 cm³/mol. The molecule has 3 heteroatoms. The number of halogens is 1. The third kappa shape index (κ3) is 4.29. The van der Waals surface area contributed by atoms with E-state index in [2.05, 4.69) is 45.2 Å². The van der Waals surface area contributed by atoms with Crippen LogP contribution in [0, 0.1) is 7.05 Å². The Morgan fingerprint density at radius 2 is 1.90 bits per heavy atom. The van der Waals surface area contributed by atoms with Crippen molar-refractivity contribution in [3.8, 4) is 0 Å². The monoisotopic (exact) mass is 329 g/mol. The van der Waals surface area contributed by atoms with Gasteiger partial charge < -0.3 is 4.48 Å². The fraction of sp³-hybridized carbons (Fsp3) is 0.176. The van der Waals surface area contributed by atoms with Gasteiger partial charge in [0.05, 0.1) is 20.6 Å². The van der Waals surface area contributed by atoms with Crippen molar-refractivity contribution in [1.29, 1.82) is 0 Å². The van der Waals surface area contributed by atoms with Crippen molar-refractivity contribution in [2.75, 3.05) is 20.6 Å². The lowest BCUT2D eigenvalue weighted by Crippen LogP contribution is -2.31. The minimum absolute atomic E-state index is 0.403. The van der Waals surface area contributed by atoms with E-state index in [-0.39, 0.29) is 0 Å². The highest BCUT2D eigenvalue weighted by atomic mass is 79.9. The zero-order valence-corrected chi connectivity index (χ0v) is 13.3. The molecule has 102 valence electrons. The summed E-state index contributed by atoms with van der Waals surface area (Å²) < 4.78 is 1.47. The van der Waals surface area contributed by atoms with Gasteiger partial charge in [0.15, 0.2) is 0 Å². The third-order valence-electron chi connectivity index (χ3n) is 2.89. The Labute approximate surface area is 129 Å². The van der Waals surface area contributed by atoms with Crippen LogP contribution in [0.3, 0.4) is 0 Å². The van der Waals surface area contributed by atoms with E-state index < -0.39 is 0 Å². The van der Waals surface area contributed by atoms with Gasteiger partial charge in [0, 0.05) is 22.4 Å². The molecule has 0 bridgehead atoms. The van der Waals surface area contributed by atoms with Crippen LogP contribution in [-0.4, -0.2) is 30.1 Å². The Kier molecular flexibility index (Phi) is 4.73. The standard InChI is InChI=1S/C17H18BrN2/c1-20(2,3)12-10-17(15-5-4-11-19-13-15)14-6-8-16(18)9-7-14/h1,4-11,13H,12H2,2-3H3/q+1/b17-10-. The smallest absolute Gasteiger partial charge is 0.206 e. The van der Waals surface area contributed by atoms with Crippen molar-refractivity contribution in [2.24, 2.45) is 0 Å². The van der Waals surface area contributed by atoms with Crippen molar-refractivity contribution in [2.45, 2.75) is 0 Å². The second-order valence-electron chi connectivity index (χ2n) is 5.33. The average molecular weight is 330 g/mol. The molecule has 20 heavy (non-hydrogen) atoms. The molecule has 0 aliphatic rings. The van der Waals surface area contributed by atoms with Gasteiger partial charge in [0.1, 0.15) is 0 Å². The molecule has 0 aliphatic carbocycles. The summed E-state index contributed by atoms with van der Waals surface area (Å²) >= 11 is 3.47. The predicted octanol–water partition coefficient (Wildman–Crippen LogP) is 4.02. The Morgan fingerprint density at radius 3 is 2.45 bits per heavy atom. The van der Waals surface area contributed by atoms with Crippen LogP contribution in [-0.2, 0) is 0 Å². The topological polar surface area (TPSA) is 12.9 Å². The minimum atomic E-state index is 0.403. The number of likely N-dealkylation sites (N-methyl/N-ethyl adjacent to an activating group) is 1. The summed E-state index contributed by atoms with van der Waals surface area (Å²) in [5, 5.41) is 0. The molecule has 2 radical (unpaired) electrons. The number of hydrogen-bond donors (Lipinski definition) is 0. The highest BCUT2D eigenvalue weighted by Crippen LogP contribution is 2.24. The van der Waals surface area contributed by atoms with Gasteiger partial charge in [-0.3, -0.25) is 4.98 Å². The molecule has 0 fully saturated rings. The molecule has 0 atom stereocenters. The molecule has 0 unspecified atom stereocenters. The molecule has 1 heterocycles. The maximum absolute atomic E-state index is 6.03. The summed E-state index contributed by atoms with van der Waals surface area (Å²) in [5.74, 6) is 0. The first kappa shape index (κ1) is 14.9. The number of rotatable bonds is 4. The lowest BCUT2D eigenvalue weighted by atomic mass is 9.99. The van der Waals surface area contributed by atoms with Crippen molar-refractivity contribution in [3.63, 3.8) is 0 Å². The lowest BCUT2D eigenvalue weighted by molar-refractivity contribution is -0.839. The largest absolute Gasteiger partial charge is 0.312 e. The fourth-order valence-electron chi connectivity index (χ4n) is 1.88. The number of nitrogens with zero attached hydrogens (tertiary/aromatic N) is 2. The van der Waals surface area contributed by atoms with Crippen molar-refractivity contribution < 1.29 is 4.48 Å². The number of aromatic nitrogens is 1.